The normalized spacial score (nSPS) is 37.0. The van der Waals surface area contributed by atoms with Crippen LogP contribution in [0.5, 0.6) is 0 Å². The van der Waals surface area contributed by atoms with Gasteiger partial charge in [-0.3, -0.25) is 0 Å². The molecule has 0 amide bonds. The lowest BCUT2D eigenvalue weighted by atomic mass is 9.82. The highest BCUT2D eigenvalue weighted by Gasteiger charge is 2.95. The molecular weight excluding hydrogens is 458 g/mol. The van der Waals surface area contributed by atoms with Crippen LogP contribution in [0.15, 0.2) is 91.0 Å². The molecule has 1 saturated heterocycles. The summed E-state index contributed by atoms with van der Waals surface area (Å²) in [5.74, 6) is -0.385. The first-order chi connectivity index (χ1) is 14.4. The Hall–Kier alpha value is -1.22. The Morgan fingerprint density at radius 3 is 1.30 bits per heavy atom. The van der Waals surface area contributed by atoms with Gasteiger partial charge in [0.2, 0.25) is 0 Å². The number of ether oxygens (including phenoxy) is 1. The summed E-state index contributed by atoms with van der Waals surface area (Å²) in [5.41, 5.74) is 1.24. The van der Waals surface area contributed by atoms with Gasteiger partial charge in [0.05, 0.1) is 0 Å². The van der Waals surface area contributed by atoms with E-state index in [0.29, 0.717) is 0 Å². The number of halogens is 4. The Kier molecular flexibility index (Phi) is 4.01. The van der Waals surface area contributed by atoms with Gasteiger partial charge >= 0.3 is 0 Å². The molecule has 3 aliphatic rings. The lowest BCUT2D eigenvalue weighted by molar-refractivity contribution is -0.100. The molecule has 6 rings (SSSR count). The standard InChI is InChI=1S/C25H18Cl4O/c26-24(27)20-19(16-10-4-1-5-11-16)21-23(25(21,28)29,18-14-8-3-9-15-18)30-22(20,24)17-12-6-2-7-13-17/h1-15,19-21H/t19?,20-,21+,22-,23-/m0/s1. The van der Waals surface area contributed by atoms with Crippen molar-refractivity contribution in [3.05, 3.63) is 108 Å². The molecule has 1 heterocycles. The van der Waals surface area contributed by atoms with E-state index >= 15 is 0 Å². The second kappa shape index (κ2) is 6.18. The molecule has 5 atom stereocenters. The summed E-state index contributed by atoms with van der Waals surface area (Å²) in [7, 11) is 0. The third-order valence-corrected chi connectivity index (χ3v) is 9.17. The number of fused-ring (bicyclic) bond motifs is 2. The van der Waals surface area contributed by atoms with Crippen molar-refractivity contribution in [3.63, 3.8) is 0 Å². The predicted octanol–water partition coefficient (Wildman–Crippen LogP) is 7.20. The summed E-state index contributed by atoms with van der Waals surface area (Å²) in [6.07, 6.45) is 0. The largest absolute Gasteiger partial charge is 0.352 e. The van der Waals surface area contributed by atoms with Gasteiger partial charge < -0.3 is 4.74 Å². The van der Waals surface area contributed by atoms with Crippen molar-refractivity contribution in [2.75, 3.05) is 0 Å². The molecule has 0 bridgehead atoms. The number of alkyl halides is 4. The van der Waals surface area contributed by atoms with E-state index in [1.807, 2.05) is 78.9 Å². The molecule has 3 aromatic rings. The molecule has 152 valence electrons. The minimum absolute atomic E-state index is 0.0506. The summed E-state index contributed by atoms with van der Waals surface area (Å²) in [4.78, 5) is 0. The van der Waals surface area contributed by atoms with Gasteiger partial charge in [0.25, 0.3) is 0 Å². The Morgan fingerprint density at radius 1 is 0.533 bits per heavy atom. The van der Waals surface area contributed by atoms with Crippen molar-refractivity contribution >= 4 is 46.4 Å². The topological polar surface area (TPSA) is 9.23 Å². The van der Waals surface area contributed by atoms with Crippen molar-refractivity contribution in [2.24, 2.45) is 11.8 Å². The minimum atomic E-state index is -1.09. The summed E-state index contributed by atoms with van der Waals surface area (Å²) in [6, 6.07) is 30.2. The lowest BCUT2D eigenvalue weighted by Crippen LogP contribution is -2.35. The number of hydrogen-bond donors (Lipinski definition) is 0. The van der Waals surface area contributed by atoms with Crippen LogP contribution in [0.3, 0.4) is 0 Å². The smallest absolute Gasteiger partial charge is 0.158 e. The van der Waals surface area contributed by atoms with E-state index in [4.69, 9.17) is 51.1 Å². The molecule has 2 saturated carbocycles. The molecule has 3 fully saturated rings. The van der Waals surface area contributed by atoms with Crippen LogP contribution in [0, 0.1) is 11.8 Å². The van der Waals surface area contributed by atoms with Crippen LogP contribution in [-0.4, -0.2) is 8.67 Å². The van der Waals surface area contributed by atoms with E-state index in [0.717, 1.165) is 16.7 Å². The number of benzene rings is 3. The van der Waals surface area contributed by atoms with Crippen LogP contribution in [0.4, 0.5) is 0 Å². The van der Waals surface area contributed by atoms with Gasteiger partial charge in [-0.25, -0.2) is 0 Å². The zero-order valence-electron chi connectivity index (χ0n) is 15.8. The molecule has 3 aromatic carbocycles. The molecule has 0 N–H and O–H groups in total. The molecule has 1 nitrogen and oxygen atoms in total. The van der Waals surface area contributed by atoms with Crippen molar-refractivity contribution in [3.8, 4) is 0 Å². The van der Waals surface area contributed by atoms with E-state index in [1.165, 1.54) is 0 Å². The van der Waals surface area contributed by atoms with Gasteiger partial charge in [0.1, 0.15) is 11.2 Å². The maximum Gasteiger partial charge on any atom is 0.158 e. The first kappa shape index (κ1) is 19.5. The molecule has 0 aromatic heterocycles. The van der Waals surface area contributed by atoms with E-state index in [2.05, 4.69) is 12.1 Å². The zero-order valence-corrected chi connectivity index (χ0v) is 18.8. The van der Waals surface area contributed by atoms with Gasteiger partial charge in [0, 0.05) is 17.8 Å². The summed E-state index contributed by atoms with van der Waals surface area (Å²) in [5, 5.41) is 0. The maximum absolute atomic E-state index is 7.03. The summed E-state index contributed by atoms with van der Waals surface area (Å²) in [6.45, 7) is 0. The van der Waals surface area contributed by atoms with Crippen LogP contribution in [-0.2, 0) is 15.9 Å². The Balaban J connectivity index is 1.61. The van der Waals surface area contributed by atoms with Gasteiger partial charge in [-0.05, 0) is 16.7 Å². The minimum Gasteiger partial charge on any atom is -0.352 e. The molecule has 2 aliphatic carbocycles. The Morgan fingerprint density at radius 2 is 0.900 bits per heavy atom. The quantitative estimate of drug-likeness (QED) is 0.364. The SMILES string of the molecule is ClC1(Cl)[C@H]2C(c3ccccc3)[C@H]3C(Cl)(Cl)[C@@]3(c3ccccc3)O[C@@]21c1ccccc1. The van der Waals surface area contributed by atoms with Gasteiger partial charge in [-0.2, -0.15) is 0 Å². The predicted molar refractivity (Wildman–Crippen MR) is 122 cm³/mol. The average molecular weight is 476 g/mol. The van der Waals surface area contributed by atoms with Gasteiger partial charge in [0.15, 0.2) is 8.67 Å². The molecule has 1 aliphatic heterocycles. The molecule has 0 radical (unpaired) electrons. The highest BCUT2D eigenvalue weighted by molar-refractivity contribution is 6.54. The first-order valence-corrected chi connectivity index (χ1v) is 11.5. The lowest BCUT2D eigenvalue weighted by Gasteiger charge is -2.34. The highest BCUT2D eigenvalue weighted by Crippen LogP contribution is 2.89. The second-order valence-corrected chi connectivity index (χ2v) is 11.2. The second-order valence-electron chi connectivity index (χ2n) is 8.44. The average Bonchev–Trinajstić information content (AvgIpc) is 3.51. The molecule has 1 unspecified atom stereocenters. The molecular formula is C25H18Cl4O. The highest BCUT2D eigenvalue weighted by atomic mass is 35.5. The monoisotopic (exact) mass is 474 g/mol. The number of rotatable bonds is 3. The third kappa shape index (κ3) is 2.16. The third-order valence-electron chi connectivity index (χ3n) is 7.11. The van der Waals surface area contributed by atoms with E-state index < -0.39 is 19.9 Å². The van der Waals surface area contributed by atoms with E-state index in [-0.39, 0.29) is 17.8 Å². The fraction of sp³-hybridized carbons (Fsp3) is 0.280. The van der Waals surface area contributed by atoms with Crippen molar-refractivity contribution < 1.29 is 4.74 Å². The Labute approximate surface area is 195 Å². The fourth-order valence-corrected chi connectivity index (χ4v) is 7.77. The van der Waals surface area contributed by atoms with Gasteiger partial charge in [-0.15, -0.1) is 0 Å². The summed E-state index contributed by atoms with van der Waals surface area (Å²) < 4.78 is 4.76. The van der Waals surface area contributed by atoms with Crippen LogP contribution in [0.1, 0.15) is 22.6 Å². The first-order valence-electron chi connectivity index (χ1n) is 10.0. The van der Waals surface area contributed by atoms with E-state index in [1.54, 1.807) is 0 Å². The van der Waals surface area contributed by atoms with E-state index in [9.17, 15) is 0 Å². The van der Waals surface area contributed by atoms with Crippen molar-refractivity contribution in [1.29, 1.82) is 0 Å². The maximum atomic E-state index is 7.03. The number of hydrogen-bond acceptors (Lipinski definition) is 1. The van der Waals surface area contributed by atoms with Crippen LogP contribution in [0.2, 0.25) is 0 Å². The van der Waals surface area contributed by atoms with Crippen LogP contribution < -0.4 is 0 Å². The summed E-state index contributed by atoms with van der Waals surface area (Å²) >= 11 is 28.1. The van der Waals surface area contributed by atoms with Crippen molar-refractivity contribution in [1.82, 2.24) is 0 Å². The molecule has 0 spiro atoms. The molecule has 5 heteroatoms. The zero-order chi connectivity index (χ0) is 20.8. The Bertz CT molecular complexity index is 1030. The van der Waals surface area contributed by atoms with Crippen molar-refractivity contribution in [2.45, 2.75) is 25.8 Å². The van der Waals surface area contributed by atoms with Crippen LogP contribution >= 0.6 is 46.4 Å². The van der Waals surface area contributed by atoms with Crippen LogP contribution in [0.25, 0.3) is 0 Å². The molecule has 30 heavy (non-hydrogen) atoms. The fourth-order valence-electron chi connectivity index (χ4n) is 5.77. The van der Waals surface area contributed by atoms with Gasteiger partial charge in [-0.1, -0.05) is 137 Å².